The summed E-state index contributed by atoms with van der Waals surface area (Å²) in [6.45, 7) is 2.04. The van der Waals surface area contributed by atoms with Gasteiger partial charge in [-0.2, -0.15) is 0 Å². The van der Waals surface area contributed by atoms with Crippen LogP contribution in [0.25, 0.3) is 11.1 Å². The molecule has 1 aromatic heterocycles. The second-order valence-electron chi connectivity index (χ2n) is 4.68. The Balaban J connectivity index is 1.77. The maximum absolute atomic E-state index is 12.8. The standard InChI is InChI=1S/C17H13FN2O/c1-12-2-4-13(5-3-12)14-10-19-17(20-11-14)21-16-8-6-15(18)7-9-16/h2-11H,1H3. The zero-order valence-electron chi connectivity index (χ0n) is 11.5. The van der Waals surface area contributed by atoms with Crippen LogP contribution in [0.4, 0.5) is 4.39 Å². The van der Waals surface area contributed by atoms with E-state index in [2.05, 4.69) is 9.97 Å². The molecular formula is C17H13FN2O. The number of ether oxygens (including phenoxy) is 1. The number of hydrogen-bond donors (Lipinski definition) is 0. The number of aryl methyl sites for hydroxylation is 1. The fourth-order valence-corrected chi connectivity index (χ4v) is 1.87. The summed E-state index contributed by atoms with van der Waals surface area (Å²) >= 11 is 0. The molecule has 3 aromatic rings. The zero-order valence-corrected chi connectivity index (χ0v) is 11.5. The van der Waals surface area contributed by atoms with E-state index < -0.39 is 0 Å². The summed E-state index contributed by atoms with van der Waals surface area (Å²) in [6.07, 6.45) is 3.41. The van der Waals surface area contributed by atoms with Gasteiger partial charge in [0.25, 0.3) is 0 Å². The van der Waals surface area contributed by atoms with Crippen molar-refractivity contribution in [3.63, 3.8) is 0 Å². The molecule has 0 atom stereocenters. The van der Waals surface area contributed by atoms with Gasteiger partial charge in [0.2, 0.25) is 0 Å². The molecule has 1 heterocycles. The third-order valence-corrected chi connectivity index (χ3v) is 3.04. The highest BCUT2D eigenvalue weighted by Gasteiger charge is 2.03. The molecule has 4 heteroatoms. The van der Waals surface area contributed by atoms with E-state index in [1.54, 1.807) is 12.4 Å². The van der Waals surface area contributed by atoms with Gasteiger partial charge < -0.3 is 4.74 Å². The molecule has 0 bridgehead atoms. The van der Waals surface area contributed by atoms with Crippen molar-refractivity contribution < 1.29 is 9.13 Å². The molecule has 21 heavy (non-hydrogen) atoms. The highest BCUT2D eigenvalue weighted by Crippen LogP contribution is 2.21. The number of benzene rings is 2. The monoisotopic (exact) mass is 280 g/mol. The molecule has 0 spiro atoms. The lowest BCUT2D eigenvalue weighted by Gasteiger charge is -2.05. The minimum absolute atomic E-state index is 0.234. The smallest absolute Gasteiger partial charge is 0.321 e. The molecule has 0 aliphatic rings. The Labute approximate surface area is 122 Å². The summed E-state index contributed by atoms with van der Waals surface area (Å²) in [5, 5.41) is 0. The van der Waals surface area contributed by atoms with Gasteiger partial charge in [-0.3, -0.25) is 0 Å². The van der Waals surface area contributed by atoms with E-state index in [1.165, 1.54) is 29.8 Å². The fraction of sp³-hybridized carbons (Fsp3) is 0.0588. The molecule has 0 unspecified atom stereocenters. The lowest BCUT2D eigenvalue weighted by atomic mass is 10.1. The summed E-state index contributed by atoms with van der Waals surface area (Å²) in [5.74, 6) is 0.192. The number of aromatic nitrogens is 2. The topological polar surface area (TPSA) is 35.0 Å². The van der Waals surface area contributed by atoms with Crippen LogP contribution in [0.1, 0.15) is 5.56 Å². The summed E-state index contributed by atoms with van der Waals surface area (Å²) < 4.78 is 18.3. The minimum Gasteiger partial charge on any atom is -0.424 e. The second kappa shape index (κ2) is 5.71. The van der Waals surface area contributed by atoms with E-state index in [-0.39, 0.29) is 11.8 Å². The van der Waals surface area contributed by atoms with Gasteiger partial charge >= 0.3 is 6.01 Å². The molecule has 2 aromatic carbocycles. The molecular weight excluding hydrogens is 267 g/mol. The molecule has 3 nitrogen and oxygen atoms in total. The van der Waals surface area contributed by atoms with Crippen molar-refractivity contribution in [1.29, 1.82) is 0 Å². The maximum Gasteiger partial charge on any atom is 0.321 e. The van der Waals surface area contributed by atoms with Crippen LogP contribution >= 0.6 is 0 Å². The van der Waals surface area contributed by atoms with Crippen LogP contribution in [0.15, 0.2) is 60.9 Å². The van der Waals surface area contributed by atoms with Gasteiger partial charge in [0, 0.05) is 18.0 Å². The maximum atomic E-state index is 12.8. The van der Waals surface area contributed by atoms with Gasteiger partial charge in [-0.25, -0.2) is 14.4 Å². The van der Waals surface area contributed by atoms with Crippen LogP contribution in [0.3, 0.4) is 0 Å². The van der Waals surface area contributed by atoms with E-state index >= 15 is 0 Å². The molecule has 0 saturated heterocycles. The molecule has 0 saturated carbocycles. The number of halogens is 1. The lowest BCUT2D eigenvalue weighted by Crippen LogP contribution is -1.92. The van der Waals surface area contributed by atoms with Crippen molar-refractivity contribution >= 4 is 0 Å². The first-order valence-corrected chi connectivity index (χ1v) is 6.53. The van der Waals surface area contributed by atoms with E-state index in [1.807, 2.05) is 31.2 Å². The number of hydrogen-bond acceptors (Lipinski definition) is 3. The van der Waals surface area contributed by atoms with Crippen LogP contribution in [0.2, 0.25) is 0 Å². The molecule has 0 aliphatic heterocycles. The van der Waals surface area contributed by atoms with Gasteiger partial charge in [-0.1, -0.05) is 29.8 Å². The molecule has 0 amide bonds. The SMILES string of the molecule is Cc1ccc(-c2cnc(Oc3ccc(F)cc3)nc2)cc1. The van der Waals surface area contributed by atoms with Crippen molar-refractivity contribution in [1.82, 2.24) is 9.97 Å². The van der Waals surface area contributed by atoms with E-state index in [9.17, 15) is 4.39 Å². The normalized spacial score (nSPS) is 10.4. The van der Waals surface area contributed by atoms with Crippen molar-refractivity contribution in [2.45, 2.75) is 6.92 Å². The van der Waals surface area contributed by atoms with Gasteiger partial charge in [-0.05, 0) is 36.8 Å². The van der Waals surface area contributed by atoms with Crippen molar-refractivity contribution in [3.8, 4) is 22.9 Å². The van der Waals surface area contributed by atoms with Crippen LogP contribution < -0.4 is 4.74 Å². The molecule has 0 fully saturated rings. The van der Waals surface area contributed by atoms with Crippen LogP contribution in [0, 0.1) is 12.7 Å². The van der Waals surface area contributed by atoms with Gasteiger partial charge in [0.1, 0.15) is 11.6 Å². The first-order valence-electron chi connectivity index (χ1n) is 6.53. The van der Waals surface area contributed by atoms with Crippen LogP contribution in [-0.2, 0) is 0 Å². The molecule has 104 valence electrons. The summed E-state index contributed by atoms with van der Waals surface area (Å²) in [7, 11) is 0. The van der Waals surface area contributed by atoms with E-state index in [4.69, 9.17) is 4.74 Å². The van der Waals surface area contributed by atoms with E-state index in [0.29, 0.717) is 5.75 Å². The molecule has 0 N–H and O–H groups in total. The van der Waals surface area contributed by atoms with Gasteiger partial charge in [0.15, 0.2) is 0 Å². The predicted molar refractivity (Wildman–Crippen MR) is 78.7 cm³/mol. The van der Waals surface area contributed by atoms with Crippen molar-refractivity contribution in [2.75, 3.05) is 0 Å². The molecule has 3 rings (SSSR count). The Bertz CT molecular complexity index is 722. The highest BCUT2D eigenvalue weighted by atomic mass is 19.1. The highest BCUT2D eigenvalue weighted by molar-refractivity contribution is 5.61. The summed E-state index contributed by atoms with van der Waals surface area (Å²) in [6, 6.07) is 14.1. The predicted octanol–water partition coefficient (Wildman–Crippen LogP) is 4.38. The number of rotatable bonds is 3. The van der Waals surface area contributed by atoms with E-state index in [0.717, 1.165) is 11.1 Å². The third kappa shape index (κ3) is 3.23. The van der Waals surface area contributed by atoms with Crippen LogP contribution in [-0.4, -0.2) is 9.97 Å². The summed E-state index contributed by atoms with van der Waals surface area (Å²) in [4.78, 5) is 8.34. The second-order valence-corrected chi connectivity index (χ2v) is 4.68. The minimum atomic E-state index is -0.307. The van der Waals surface area contributed by atoms with Gasteiger partial charge in [-0.15, -0.1) is 0 Å². The number of nitrogens with zero attached hydrogens (tertiary/aromatic N) is 2. The Hall–Kier alpha value is -2.75. The summed E-state index contributed by atoms with van der Waals surface area (Å²) in [5.41, 5.74) is 3.17. The fourth-order valence-electron chi connectivity index (χ4n) is 1.87. The quantitative estimate of drug-likeness (QED) is 0.714. The van der Waals surface area contributed by atoms with Crippen molar-refractivity contribution in [3.05, 3.63) is 72.3 Å². The molecule has 0 aliphatic carbocycles. The lowest BCUT2D eigenvalue weighted by molar-refractivity contribution is 0.440. The first kappa shape index (κ1) is 13.2. The average molecular weight is 280 g/mol. The Morgan fingerprint density at radius 1 is 0.810 bits per heavy atom. The first-order chi connectivity index (χ1) is 10.2. The molecule has 0 radical (unpaired) electrons. The largest absolute Gasteiger partial charge is 0.424 e. The van der Waals surface area contributed by atoms with Crippen LogP contribution in [0.5, 0.6) is 11.8 Å². The van der Waals surface area contributed by atoms with Gasteiger partial charge in [0.05, 0.1) is 0 Å². The Kier molecular flexibility index (Phi) is 3.60. The third-order valence-electron chi connectivity index (χ3n) is 3.04. The average Bonchev–Trinajstić information content (AvgIpc) is 2.51. The zero-order chi connectivity index (χ0) is 14.7. The Morgan fingerprint density at radius 3 is 2.05 bits per heavy atom. The van der Waals surface area contributed by atoms with Crippen molar-refractivity contribution in [2.24, 2.45) is 0 Å². The Morgan fingerprint density at radius 2 is 1.43 bits per heavy atom.